The summed E-state index contributed by atoms with van der Waals surface area (Å²) in [5.74, 6) is 0. The third kappa shape index (κ3) is 19.9. The summed E-state index contributed by atoms with van der Waals surface area (Å²) in [6.45, 7) is 4.31. The molecular formula is C21H43NaO4S. The van der Waals surface area contributed by atoms with Gasteiger partial charge in [-0.2, -0.15) is 0 Å². The standard InChI is InChI=1S/C21H44O4S.Na/c1-3-5-7-8-9-10-11-12-13-14-18-21(26(23,24)25)19-15-17-20(22)16-6-4-2;/h20-22H,3-19H2,1-2H3,(H,23,24,25);/q;+1/p-1. The fourth-order valence-corrected chi connectivity index (χ4v) is 4.37. The molecule has 0 heterocycles. The van der Waals surface area contributed by atoms with Gasteiger partial charge in [0.1, 0.15) is 0 Å². The van der Waals surface area contributed by atoms with E-state index in [-0.39, 0.29) is 35.7 Å². The average Bonchev–Trinajstić information content (AvgIpc) is 2.59. The molecule has 27 heavy (non-hydrogen) atoms. The van der Waals surface area contributed by atoms with Crippen LogP contribution in [-0.2, 0) is 10.1 Å². The molecule has 158 valence electrons. The van der Waals surface area contributed by atoms with E-state index in [4.69, 9.17) is 0 Å². The molecule has 0 saturated heterocycles. The fourth-order valence-electron chi connectivity index (χ4n) is 3.46. The number of hydrogen-bond acceptors (Lipinski definition) is 4. The van der Waals surface area contributed by atoms with Gasteiger partial charge in [0.15, 0.2) is 0 Å². The Morgan fingerprint density at radius 2 is 1.07 bits per heavy atom. The molecule has 0 aromatic rings. The van der Waals surface area contributed by atoms with Crippen molar-refractivity contribution in [3.8, 4) is 0 Å². The van der Waals surface area contributed by atoms with Crippen LogP contribution in [0.15, 0.2) is 0 Å². The predicted octanol–water partition coefficient (Wildman–Crippen LogP) is 2.94. The van der Waals surface area contributed by atoms with Gasteiger partial charge in [-0.15, -0.1) is 0 Å². The van der Waals surface area contributed by atoms with Crippen LogP contribution in [0.5, 0.6) is 0 Å². The van der Waals surface area contributed by atoms with E-state index in [1.165, 1.54) is 44.9 Å². The molecule has 0 saturated carbocycles. The second-order valence-electron chi connectivity index (χ2n) is 7.81. The zero-order valence-corrected chi connectivity index (χ0v) is 21.1. The minimum atomic E-state index is -4.22. The Bertz CT molecular complexity index is 401. The molecule has 0 amide bonds. The third-order valence-electron chi connectivity index (χ3n) is 5.24. The van der Waals surface area contributed by atoms with Gasteiger partial charge < -0.3 is 9.66 Å². The maximum absolute atomic E-state index is 11.5. The van der Waals surface area contributed by atoms with E-state index < -0.39 is 15.4 Å². The molecule has 0 radical (unpaired) electrons. The minimum absolute atomic E-state index is 0. The van der Waals surface area contributed by atoms with E-state index in [9.17, 15) is 18.1 Å². The average molecular weight is 415 g/mol. The van der Waals surface area contributed by atoms with Crippen molar-refractivity contribution >= 4 is 10.1 Å². The van der Waals surface area contributed by atoms with E-state index >= 15 is 0 Å². The van der Waals surface area contributed by atoms with Crippen molar-refractivity contribution in [3.05, 3.63) is 0 Å². The summed E-state index contributed by atoms with van der Waals surface area (Å²) in [4.78, 5) is 0. The molecule has 0 bridgehead atoms. The fraction of sp³-hybridized carbons (Fsp3) is 1.00. The predicted molar refractivity (Wildman–Crippen MR) is 109 cm³/mol. The van der Waals surface area contributed by atoms with Crippen molar-refractivity contribution in [2.45, 2.75) is 134 Å². The third-order valence-corrected chi connectivity index (χ3v) is 6.53. The topological polar surface area (TPSA) is 77.4 Å². The minimum Gasteiger partial charge on any atom is -0.748 e. The van der Waals surface area contributed by atoms with Crippen molar-refractivity contribution in [1.82, 2.24) is 0 Å². The van der Waals surface area contributed by atoms with Crippen LogP contribution >= 0.6 is 0 Å². The Kier molecular flexibility index (Phi) is 22.4. The Balaban J connectivity index is 0. The first-order valence-electron chi connectivity index (χ1n) is 11.0. The molecule has 0 aromatic carbocycles. The van der Waals surface area contributed by atoms with E-state index in [1.54, 1.807) is 0 Å². The van der Waals surface area contributed by atoms with Gasteiger partial charge in [-0.25, -0.2) is 8.42 Å². The summed E-state index contributed by atoms with van der Waals surface area (Å²) in [6.07, 6.45) is 16.6. The van der Waals surface area contributed by atoms with Gasteiger partial charge in [0.25, 0.3) is 0 Å². The molecule has 0 aliphatic heterocycles. The SMILES string of the molecule is CCCCCCCCCCCCC(CCCC(O)CCCC)S(=O)(=O)[O-].[Na+]. The largest absolute Gasteiger partial charge is 1.00 e. The van der Waals surface area contributed by atoms with E-state index in [0.29, 0.717) is 25.7 Å². The molecule has 0 aliphatic rings. The van der Waals surface area contributed by atoms with E-state index in [1.807, 2.05) is 0 Å². The van der Waals surface area contributed by atoms with Gasteiger partial charge in [0.05, 0.1) is 16.2 Å². The monoisotopic (exact) mass is 414 g/mol. The van der Waals surface area contributed by atoms with Crippen LogP contribution < -0.4 is 29.6 Å². The van der Waals surface area contributed by atoms with Gasteiger partial charge in [0, 0.05) is 5.25 Å². The second kappa shape index (κ2) is 20.2. The first-order valence-corrected chi connectivity index (χ1v) is 12.5. The van der Waals surface area contributed by atoms with E-state index in [2.05, 4.69) is 13.8 Å². The zero-order chi connectivity index (χ0) is 19.7. The quantitative estimate of drug-likeness (QED) is 0.200. The maximum Gasteiger partial charge on any atom is 1.00 e. The van der Waals surface area contributed by atoms with Crippen molar-refractivity contribution in [2.24, 2.45) is 0 Å². The molecule has 1 N–H and O–H groups in total. The summed E-state index contributed by atoms with van der Waals surface area (Å²) in [5.41, 5.74) is 0. The molecule has 6 heteroatoms. The van der Waals surface area contributed by atoms with Gasteiger partial charge in [-0.1, -0.05) is 90.9 Å². The number of aliphatic hydroxyl groups excluding tert-OH is 1. The van der Waals surface area contributed by atoms with Crippen LogP contribution in [0.25, 0.3) is 0 Å². The molecule has 0 rings (SSSR count). The zero-order valence-electron chi connectivity index (χ0n) is 18.3. The Morgan fingerprint density at radius 1 is 0.667 bits per heavy atom. The van der Waals surface area contributed by atoms with Crippen molar-refractivity contribution in [3.63, 3.8) is 0 Å². The first-order chi connectivity index (χ1) is 12.4. The number of hydrogen-bond donors (Lipinski definition) is 1. The molecule has 4 nitrogen and oxygen atoms in total. The van der Waals surface area contributed by atoms with E-state index in [0.717, 1.165) is 38.5 Å². The molecule has 2 unspecified atom stereocenters. The summed E-state index contributed by atoms with van der Waals surface area (Å²) in [6, 6.07) is 0. The Hall–Kier alpha value is 0.870. The molecule has 0 aliphatic carbocycles. The van der Waals surface area contributed by atoms with Gasteiger partial charge >= 0.3 is 29.6 Å². The number of rotatable bonds is 19. The van der Waals surface area contributed by atoms with Gasteiger partial charge in [0.2, 0.25) is 0 Å². The number of unbranched alkanes of at least 4 members (excludes halogenated alkanes) is 10. The molecule has 0 spiro atoms. The molecule has 2 atom stereocenters. The normalized spacial score (nSPS) is 13.9. The van der Waals surface area contributed by atoms with Gasteiger partial charge in [-0.3, -0.25) is 0 Å². The van der Waals surface area contributed by atoms with Crippen molar-refractivity contribution in [2.75, 3.05) is 0 Å². The summed E-state index contributed by atoms with van der Waals surface area (Å²) in [5, 5.41) is 9.06. The van der Waals surface area contributed by atoms with Crippen LogP contribution in [0.4, 0.5) is 0 Å². The summed E-state index contributed by atoms with van der Waals surface area (Å²) in [7, 11) is -4.22. The summed E-state index contributed by atoms with van der Waals surface area (Å²) >= 11 is 0. The maximum atomic E-state index is 11.5. The summed E-state index contributed by atoms with van der Waals surface area (Å²) < 4.78 is 34.4. The van der Waals surface area contributed by atoms with Crippen molar-refractivity contribution < 1.29 is 47.6 Å². The molecule has 0 aromatic heterocycles. The van der Waals surface area contributed by atoms with Crippen LogP contribution in [0.3, 0.4) is 0 Å². The van der Waals surface area contributed by atoms with Crippen LogP contribution in [0.2, 0.25) is 0 Å². The van der Waals surface area contributed by atoms with Gasteiger partial charge in [-0.05, 0) is 32.1 Å². The van der Waals surface area contributed by atoms with Crippen LogP contribution in [-0.4, -0.2) is 29.4 Å². The smallest absolute Gasteiger partial charge is 0.748 e. The Labute approximate surface area is 191 Å². The van der Waals surface area contributed by atoms with Crippen molar-refractivity contribution in [1.29, 1.82) is 0 Å². The molecule has 0 fully saturated rings. The second-order valence-corrected chi connectivity index (χ2v) is 9.46. The Morgan fingerprint density at radius 3 is 1.56 bits per heavy atom. The molecular weight excluding hydrogens is 371 g/mol. The van der Waals surface area contributed by atoms with Crippen LogP contribution in [0.1, 0.15) is 123 Å². The number of aliphatic hydroxyl groups is 1. The van der Waals surface area contributed by atoms with Crippen LogP contribution in [0, 0.1) is 0 Å². The first kappa shape index (κ1) is 30.1.